The standard InChI is InChI=1S/C33H54N2O15/c1-5-28(36)46-20-15-42-24-33(25-43-16-21-47-29(37)6-2,26-44-17-22-48-30(38)7-3)27-45-18-23-50-32(40)35-13-11-9-8-10-12-34-31(39)49-19-14-41-4/h5-7H,1-3,8-27H2,4H3,(H,34,39)(H,35,40). The van der Waals surface area contributed by atoms with E-state index < -0.39 is 35.5 Å². The molecule has 17 heteroatoms. The average Bonchev–Trinajstić information content (AvgIpc) is 3.11. The van der Waals surface area contributed by atoms with Gasteiger partial charge in [-0.15, -0.1) is 0 Å². The van der Waals surface area contributed by atoms with Crippen LogP contribution in [0.3, 0.4) is 0 Å². The average molecular weight is 719 g/mol. The van der Waals surface area contributed by atoms with Crippen molar-refractivity contribution in [2.75, 3.05) is 113 Å². The van der Waals surface area contributed by atoms with Crippen molar-refractivity contribution < 1.29 is 71.3 Å². The molecule has 0 atom stereocenters. The maximum absolute atomic E-state index is 12.1. The van der Waals surface area contributed by atoms with Crippen molar-refractivity contribution in [3.8, 4) is 0 Å². The van der Waals surface area contributed by atoms with Crippen molar-refractivity contribution in [3.63, 3.8) is 0 Å². The van der Waals surface area contributed by atoms with Crippen LogP contribution in [0.5, 0.6) is 0 Å². The van der Waals surface area contributed by atoms with Gasteiger partial charge in [0.15, 0.2) is 0 Å². The van der Waals surface area contributed by atoms with Gasteiger partial charge < -0.3 is 58.0 Å². The number of rotatable bonds is 33. The van der Waals surface area contributed by atoms with E-state index in [-0.39, 0.29) is 85.9 Å². The molecule has 2 N–H and O–H groups in total. The molecule has 0 fully saturated rings. The zero-order valence-corrected chi connectivity index (χ0v) is 29.1. The van der Waals surface area contributed by atoms with Gasteiger partial charge in [-0.3, -0.25) is 0 Å². The topological polar surface area (TPSA) is 202 Å². The van der Waals surface area contributed by atoms with Crippen LogP contribution in [0.15, 0.2) is 38.0 Å². The lowest BCUT2D eigenvalue weighted by Gasteiger charge is -2.33. The van der Waals surface area contributed by atoms with Gasteiger partial charge in [-0.1, -0.05) is 32.6 Å². The first-order valence-corrected chi connectivity index (χ1v) is 16.2. The summed E-state index contributed by atoms with van der Waals surface area (Å²) in [6.45, 7) is 11.7. The monoisotopic (exact) mass is 718 g/mol. The maximum atomic E-state index is 12.1. The lowest BCUT2D eigenvalue weighted by atomic mass is 9.92. The summed E-state index contributed by atoms with van der Waals surface area (Å²) < 4.78 is 52.9. The Morgan fingerprint density at radius 2 is 0.800 bits per heavy atom. The van der Waals surface area contributed by atoms with Crippen molar-refractivity contribution in [3.05, 3.63) is 38.0 Å². The second kappa shape index (κ2) is 32.2. The van der Waals surface area contributed by atoms with Gasteiger partial charge in [0.2, 0.25) is 0 Å². The number of alkyl carbamates (subject to hydrolysis) is 2. The van der Waals surface area contributed by atoms with Gasteiger partial charge >= 0.3 is 30.1 Å². The molecule has 0 aromatic heterocycles. The van der Waals surface area contributed by atoms with Gasteiger partial charge in [-0.25, -0.2) is 24.0 Å². The highest BCUT2D eigenvalue weighted by Gasteiger charge is 2.33. The van der Waals surface area contributed by atoms with E-state index in [0.717, 1.165) is 43.9 Å². The van der Waals surface area contributed by atoms with Gasteiger partial charge in [0.05, 0.1) is 64.9 Å². The molecule has 2 amide bonds. The Hall–Kier alpha value is -4.03. The van der Waals surface area contributed by atoms with Crippen LogP contribution >= 0.6 is 0 Å². The number of esters is 3. The van der Waals surface area contributed by atoms with Crippen molar-refractivity contribution >= 4 is 30.1 Å². The fraction of sp³-hybridized carbons (Fsp3) is 0.667. The minimum Gasteiger partial charge on any atom is -0.460 e. The Morgan fingerprint density at radius 1 is 0.480 bits per heavy atom. The Labute approximate surface area is 293 Å². The number of carbonyl (C=O) groups excluding carboxylic acids is 5. The Kier molecular flexibility index (Phi) is 29.6. The molecule has 0 aliphatic heterocycles. The number of hydrogen-bond donors (Lipinski definition) is 2. The molecule has 0 saturated carbocycles. The lowest BCUT2D eigenvalue weighted by molar-refractivity contribution is -0.145. The number of hydrogen-bond acceptors (Lipinski definition) is 15. The fourth-order valence-electron chi connectivity index (χ4n) is 3.68. The Morgan fingerprint density at radius 3 is 1.12 bits per heavy atom. The van der Waals surface area contributed by atoms with Crippen LogP contribution < -0.4 is 10.6 Å². The van der Waals surface area contributed by atoms with Crippen LogP contribution in [-0.4, -0.2) is 143 Å². The number of carbonyl (C=O) groups is 5. The minimum absolute atomic E-state index is 0.0230. The zero-order chi connectivity index (χ0) is 37.1. The summed E-state index contributed by atoms with van der Waals surface area (Å²) in [5.74, 6) is -1.78. The van der Waals surface area contributed by atoms with E-state index in [2.05, 4.69) is 30.4 Å². The van der Waals surface area contributed by atoms with E-state index in [1.807, 2.05) is 0 Å². The number of methoxy groups -OCH3 is 1. The highest BCUT2D eigenvalue weighted by molar-refractivity contribution is 5.81. The summed E-state index contributed by atoms with van der Waals surface area (Å²) in [6.07, 6.45) is 5.27. The highest BCUT2D eigenvalue weighted by atomic mass is 16.6. The first kappa shape index (κ1) is 46.0. The van der Waals surface area contributed by atoms with Crippen LogP contribution in [0.4, 0.5) is 9.59 Å². The van der Waals surface area contributed by atoms with E-state index in [0.29, 0.717) is 19.7 Å². The summed E-state index contributed by atoms with van der Waals surface area (Å²) in [5.41, 5.74) is -0.921. The summed E-state index contributed by atoms with van der Waals surface area (Å²) in [5, 5.41) is 5.34. The van der Waals surface area contributed by atoms with Crippen LogP contribution in [0.25, 0.3) is 0 Å². The second-order valence-corrected chi connectivity index (χ2v) is 10.4. The molecular formula is C33H54N2O15. The summed E-state index contributed by atoms with van der Waals surface area (Å²) >= 11 is 0. The predicted octanol–water partition coefficient (Wildman–Crippen LogP) is 1.89. The second-order valence-electron chi connectivity index (χ2n) is 10.4. The minimum atomic E-state index is -0.921. The van der Waals surface area contributed by atoms with E-state index >= 15 is 0 Å². The molecule has 0 aromatic rings. The van der Waals surface area contributed by atoms with Crippen LogP contribution in [0, 0.1) is 5.41 Å². The molecule has 0 unspecified atom stereocenters. The molecule has 0 saturated heterocycles. The van der Waals surface area contributed by atoms with Crippen molar-refractivity contribution in [2.45, 2.75) is 25.7 Å². The smallest absolute Gasteiger partial charge is 0.407 e. The third-order valence-electron chi connectivity index (χ3n) is 6.17. The van der Waals surface area contributed by atoms with Gasteiger partial charge in [0.25, 0.3) is 0 Å². The number of ether oxygens (including phenoxy) is 10. The Bertz CT molecular complexity index is 918. The first-order chi connectivity index (χ1) is 24.2. The van der Waals surface area contributed by atoms with E-state index in [1.165, 1.54) is 7.11 Å². The highest BCUT2D eigenvalue weighted by Crippen LogP contribution is 2.21. The van der Waals surface area contributed by atoms with E-state index in [4.69, 9.17) is 47.4 Å². The van der Waals surface area contributed by atoms with Gasteiger partial charge in [-0.05, 0) is 12.8 Å². The van der Waals surface area contributed by atoms with Crippen LogP contribution in [0.2, 0.25) is 0 Å². The number of unbranched alkanes of at least 4 members (excludes halogenated alkanes) is 3. The summed E-state index contributed by atoms with van der Waals surface area (Å²) in [6, 6.07) is 0. The Balaban J connectivity index is 4.77. The van der Waals surface area contributed by atoms with E-state index in [9.17, 15) is 24.0 Å². The van der Waals surface area contributed by atoms with E-state index in [1.54, 1.807) is 0 Å². The largest absolute Gasteiger partial charge is 0.460 e. The molecule has 0 spiro atoms. The molecule has 0 radical (unpaired) electrons. The molecular weight excluding hydrogens is 664 g/mol. The molecule has 50 heavy (non-hydrogen) atoms. The maximum Gasteiger partial charge on any atom is 0.407 e. The predicted molar refractivity (Wildman–Crippen MR) is 178 cm³/mol. The van der Waals surface area contributed by atoms with Gasteiger partial charge in [0.1, 0.15) is 33.0 Å². The zero-order valence-electron chi connectivity index (χ0n) is 29.1. The molecule has 17 nitrogen and oxygen atoms in total. The molecule has 0 bridgehead atoms. The molecule has 0 rings (SSSR count). The number of amides is 2. The summed E-state index contributed by atoms with van der Waals surface area (Å²) in [4.78, 5) is 57.6. The molecule has 0 heterocycles. The molecule has 286 valence electrons. The van der Waals surface area contributed by atoms with Gasteiger partial charge in [0, 0.05) is 38.4 Å². The molecule has 0 aliphatic carbocycles. The summed E-state index contributed by atoms with van der Waals surface area (Å²) in [7, 11) is 1.53. The third-order valence-corrected chi connectivity index (χ3v) is 6.17. The van der Waals surface area contributed by atoms with Gasteiger partial charge in [-0.2, -0.15) is 0 Å². The number of nitrogens with one attached hydrogen (secondary N) is 2. The lowest BCUT2D eigenvalue weighted by Crippen LogP contribution is -2.43. The third kappa shape index (κ3) is 27.9. The molecule has 0 aliphatic rings. The quantitative estimate of drug-likeness (QED) is 0.0431. The van der Waals surface area contributed by atoms with Crippen molar-refractivity contribution in [2.24, 2.45) is 5.41 Å². The van der Waals surface area contributed by atoms with Crippen molar-refractivity contribution in [1.82, 2.24) is 10.6 Å². The fourth-order valence-corrected chi connectivity index (χ4v) is 3.68. The normalized spacial score (nSPS) is 10.7. The molecule has 0 aromatic carbocycles. The van der Waals surface area contributed by atoms with Crippen LogP contribution in [0.1, 0.15) is 25.7 Å². The van der Waals surface area contributed by atoms with Crippen molar-refractivity contribution in [1.29, 1.82) is 0 Å². The van der Waals surface area contributed by atoms with Crippen LogP contribution in [-0.2, 0) is 61.8 Å². The first-order valence-electron chi connectivity index (χ1n) is 16.2. The SMILES string of the molecule is C=CC(=O)OCCOCC(COCCOC(=O)C=C)(COCCOC(=O)C=C)COCCOC(=O)NCCCCCCNC(=O)OCCOC.